The van der Waals surface area contributed by atoms with Crippen molar-refractivity contribution in [2.45, 2.75) is 38.3 Å². The van der Waals surface area contributed by atoms with Gasteiger partial charge in [0.05, 0.1) is 19.1 Å². The molecule has 4 rings (SSSR count). The Labute approximate surface area is 178 Å². The van der Waals surface area contributed by atoms with Crippen LogP contribution in [0.4, 0.5) is 0 Å². The predicted octanol–water partition coefficient (Wildman–Crippen LogP) is 2.86. The molecule has 160 valence electrons. The van der Waals surface area contributed by atoms with Gasteiger partial charge in [-0.2, -0.15) is 0 Å². The molecule has 6 nitrogen and oxygen atoms in total. The summed E-state index contributed by atoms with van der Waals surface area (Å²) in [6.45, 7) is 4.20. The SMILES string of the molecule is CN(Cc1cccnc1)C[C@H]1CC2(CCN(C(=O)Cc3ccc(O)cc3)CC2)CO1. The highest BCUT2D eigenvalue weighted by Crippen LogP contribution is 2.42. The summed E-state index contributed by atoms with van der Waals surface area (Å²) in [4.78, 5) is 21.1. The Morgan fingerprint density at radius 2 is 2.00 bits per heavy atom. The van der Waals surface area contributed by atoms with E-state index in [2.05, 4.69) is 23.0 Å². The van der Waals surface area contributed by atoms with Gasteiger partial charge in [-0.15, -0.1) is 0 Å². The van der Waals surface area contributed by atoms with E-state index in [4.69, 9.17) is 4.74 Å². The first-order chi connectivity index (χ1) is 14.5. The lowest BCUT2D eigenvalue weighted by Gasteiger charge is -2.38. The Balaban J connectivity index is 1.23. The molecule has 0 saturated carbocycles. The zero-order chi connectivity index (χ0) is 21.0. The van der Waals surface area contributed by atoms with E-state index >= 15 is 0 Å². The molecule has 0 unspecified atom stereocenters. The van der Waals surface area contributed by atoms with Gasteiger partial charge in [-0.3, -0.25) is 14.7 Å². The summed E-state index contributed by atoms with van der Waals surface area (Å²) in [5.41, 5.74) is 2.38. The van der Waals surface area contributed by atoms with Crippen LogP contribution in [0.5, 0.6) is 5.75 Å². The van der Waals surface area contributed by atoms with E-state index in [1.807, 2.05) is 29.3 Å². The van der Waals surface area contributed by atoms with Crippen molar-refractivity contribution in [2.75, 3.05) is 33.3 Å². The number of aromatic nitrogens is 1. The number of aromatic hydroxyl groups is 1. The lowest BCUT2D eigenvalue weighted by atomic mass is 9.76. The van der Waals surface area contributed by atoms with Crippen LogP contribution in [0.3, 0.4) is 0 Å². The van der Waals surface area contributed by atoms with Gasteiger partial charge in [0.1, 0.15) is 5.75 Å². The van der Waals surface area contributed by atoms with Crippen LogP contribution in [0.15, 0.2) is 48.8 Å². The fraction of sp³-hybridized carbons (Fsp3) is 0.500. The molecule has 2 saturated heterocycles. The van der Waals surface area contributed by atoms with Crippen molar-refractivity contribution in [3.8, 4) is 5.75 Å². The van der Waals surface area contributed by atoms with Crippen molar-refractivity contribution < 1.29 is 14.6 Å². The van der Waals surface area contributed by atoms with Gasteiger partial charge in [-0.05, 0) is 61.1 Å². The molecule has 3 heterocycles. The number of carbonyl (C=O) groups is 1. The highest BCUT2D eigenvalue weighted by Gasteiger charge is 2.43. The molecule has 0 radical (unpaired) electrons. The summed E-state index contributed by atoms with van der Waals surface area (Å²) in [5, 5.41) is 9.39. The Hall–Kier alpha value is -2.44. The second kappa shape index (κ2) is 9.14. The van der Waals surface area contributed by atoms with Crippen LogP contribution in [-0.2, 0) is 22.5 Å². The normalized spacial score (nSPS) is 20.7. The molecular formula is C24H31N3O3. The van der Waals surface area contributed by atoms with Gasteiger partial charge < -0.3 is 14.7 Å². The first-order valence-electron chi connectivity index (χ1n) is 10.8. The molecule has 2 aromatic rings. The van der Waals surface area contributed by atoms with Crippen molar-refractivity contribution >= 4 is 5.91 Å². The molecule has 2 fully saturated rings. The molecule has 2 aliphatic heterocycles. The molecular weight excluding hydrogens is 378 g/mol. The van der Waals surface area contributed by atoms with Crippen molar-refractivity contribution in [3.63, 3.8) is 0 Å². The predicted molar refractivity (Wildman–Crippen MR) is 115 cm³/mol. The Morgan fingerprint density at radius 1 is 1.23 bits per heavy atom. The molecule has 1 aromatic heterocycles. The van der Waals surface area contributed by atoms with Gasteiger partial charge in [0.2, 0.25) is 5.91 Å². The molecule has 2 aliphatic rings. The van der Waals surface area contributed by atoms with Crippen molar-refractivity contribution in [2.24, 2.45) is 5.41 Å². The minimum absolute atomic E-state index is 0.169. The molecule has 6 heteroatoms. The van der Waals surface area contributed by atoms with Gasteiger partial charge in [0.25, 0.3) is 0 Å². The average Bonchev–Trinajstić information content (AvgIpc) is 3.12. The Bertz CT molecular complexity index is 833. The van der Waals surface area contributed by atoms with Gasteiger partial charge in [0.15, 0.2) is 0 Å². The summed E-state index contributed by atoms with van der Waals surface area (Å²) < 4.78 is 6.17. The van der Waals surface area contributed by atoms with Gasteiger partial charge >= 0.3 is 0 Å². The summed E-state index contributed by atoms with van der Waals surface area (Å²) >= 11 is 0. The van der Waals surface area contributed by atoms with E-state index in [-0.39, 0.29) is 23.2 Å². The third kappa shape index (κ3) is 5.18. The van der Waals surface area contributed by atoms with E-state index in [1.165, 1.54) is 5.56 Å². The van der Waals surface area contributed by atoms with Gasteiger partial charge in [-0.1, -0.05) is 18.2 Å². The number of phenols is 1. The van der Waals surface area contributed by atoms with Crippen molar-refractivity contribution in [3.05, 3.63) is 59.9 Å². The van der Waals surface area contributed by atoms with Crippen LogP contribution in [0, 0.1) is 5.41 Å². The van der Waals surface area contributed by atoms with Gasteiger partial charge in [-0.25, -0.2) is 0 Å². The molecule has 1 atom stereocenters. The molecule has 1 amide bonds. The van der Waals surface area contributed by atoms with E-state index in [1.54, 1.807) is 18.3 Å². The lowest BCUT2D eigenvalue weighted by Crippen LogP contribution is -2.44. The number of benzene rings is 1. The maximum absolute atomic E-state index is 12.7. The minimum Gasteiger partial charge on any atom is -0.508 e. The van der Waals surface area contributed by atoms with E-state index in [9.17, 15) is 9.90 Å². The van der Waals surface area contributed by atoms with Crippen LogP contribution in [0.25, 0.3) is 0 Å². The number of piperidine rings is 1. The number of pyridine rings is 1. The second-order valence-electron chi connectivity index (χ2n) is 8.92. The number of likely N-dealkylation sites (N-methyl/N-ethyl adjacent to an activating group) is 1. The zero-order valence-corrected chi connectivity index (χ0v) is 17.7. The number of rotatable bonds is 6. The lowest BCUT2D eigenvalue weighted by molar-refractivity contribution is -0.132. The van der Waals surface area contributed by atoms with E-state index < -0.39 is 0 Å². The number of amides is 1. The molecule has 0 bridgehead atoms. The average molecular weight is 410 g/mol. The molecule has 30 heavy (non-hydrogen) atoms. The first-order valence-corrected chi connectivity index (χ1v) is 10.8. The number of nitrogens with zero attached hydrogens (tertiary/aromatic N) is 3. The van der Waals surface area contributed by atoms with E-state index in [0.29, 0.717) is 6.42 Å². The number of carbonyl (C=O) groups excluding carboxylic acids is 1. The van der Waals surface area contributed by atoms with Crippen LogP contribution in [-0.4, -0.2) is 65.2 Å². The van der Waals surface area contributed by atoms with Crippen molar-refractivity contribution in [1.29, 1.82) is 0 Å². The van der Waals surface area contributed by atoms with Crippen LogP contribution in [0.2, 0.25) is 0 Å². The van der Waals surface area contributed by atoms with Crippen molar-refractivity contribution in [1.82, 2.24) is 14.8 Å². The summed E-state index contributed by atoms with van der Waals surface area (Å²) in [5.74, 6) is 0.398. The largest absolute Gasteiger partial charge is 0.508 e. The number of ether oxygens (including phenoxy) is 1. The summed E-state index contributed by atoms with van der Waals surface area (Å²) in [6, 6.07) is 11.0. The minimum atomic E-state index is 0.169. The third-order valence-corrected chi connectivity index (χ3v) is 6.44. The quantitative estimate of drug-likeness (QED) is 0.795. The fourth-order valence-corrected chi connectivity index (χ4v) is 4.71. The van der Waals surface area contributed by atoms with Crippen LogP contribution < -0.4 is 0 Å². The fourth-order valence-electron chi connectivity index (χ4n) is 4.71. The highest BCUT2D eigenvalue weighted by molar-refractivity contribution is 5.78. The maximum Gasteiger partial charge on any atom is 0.226 e. The highest BCUT2D eigenvalue weighted by atomic mass is 16.5. The summed E-state index contributed by atoms with van der Waals surface area (Å²) in [7, 11) is 2.13. The summed E-state index contributed by atoms with van der Waals surface area (Å²) in [6.07, 6.45) is 7.46. The second-order valence-corrected chi connectivity index (χ2v) is 8.92. The molecule has 0 aliphatic carbocycles. The number of phenolic OH excluding ortho intramolecular Hbond substituents is 1. The van der Waals surface area contributed by atoms with Crippen LogP contribution in [0.1, 0.15) is 30.4 Å². The number of hydrogen-bond donors (Lipinski definition) is 1. The molecule has 1 aromatic carbocycles. The first kappa shape index (κ1) is 20.8. The maximum atomic E-state index is 12.7. The smallest absolute Gasteiger partial charge is 0.226 e. The third-order valence-electron chi connectivity index (χ3n) is 6.44. The standard InChI is InChI=1S/C24H31N3O3/c1-26(16-20-3-2-10-25-15-20)17-22-14-24(18-30-22)8-11-27(12-9-24)23(29)13-19-4-6-21(28)7-5-19/h2-7,10,15,22,28H,8-9,11-14,16-18H2,1H3/t22-/m1/s1. The monoisotopic (exact) mass is 409 g/mol. The number of hydrogen-bond acceptors (Lipinski definition) is 5. The Kier molecular flexibility index (Phi) is 6.35. The molecule has 1 spiro atoms. The molecule has 1 N–H and O–H groups in total. The topological polar surface area (TPSA) is 65.9 Å². The Morgan fingerprint density at radius 3 is 2.70 bits per heavy atom. The van der Waals surface area contributed by atoms with Gasteiger partial charge in [0, 0.05) is 38.6 Å². The van der Waals surface area contributed by atoms with E-state index in [0.717, 1.165) is 57.6 Å². The zero-order valence-electron chi connectivity index (χ0n) is 17.7. The number of likely N-dealkylation sites (tertiary alicyclic amines) is 1. The van der Waals surface area contributed by atoms with Crippen LogP contribution >= 0.6 is 0 Å².